The first-order chi connectivity index (χ1) is 18.9. The number of para-hydroxylation sites is 1. The molecule has 1 spiro atoms. The fraction of sp³-hybridized carbons (Fsp3) is 0.121. The van der Waals surface area contributed by atoms with E-state index in [0.29, 0.717) is 32.3 Å². The van der Waals surface area contributed by atoms with Crippen LogP contribution in [0.2, 0.25) is 10.0 Å². The van der Waals surface area contributed by atoms with Gasteiger partial charge >= 0.3 is 0 Å². The zero-order chi connectivity index (χ0) is 26.9. The van der Waals surface area contributed by atoms with Crippen molar-refractivity contribution in [3.05, 3.63) is 141 Å². The molecule has 0 saturated carbocycles. The van der Waals surface area contributed by atoms with E-state index in [0.717, 1.165) is 11.3 Å². The number of nitrogens with zero attached hydrogens (tertiary/aromatic N) is 1. The number of halogens is 2. The van der Waals surface area contributed by atoms with Gasteiger partial charge in [-0.3, -0.25) is 14.4 Å². The molecule has 1 saturated heterocycles. The highest BCUT2D eigenvalue weighted by molar-refractivity contribution is 6.36. The second kappa shape index (κ2) is 8.77. The van der Waals surface area contributed by atoms with Crippen molar-refractivity contribution in [3.8, 4) is 0 Å². The van der Waals surface area contributed by atoms with E-state index >= 15 is 0 Å². The zero-order valence-electron chi connectivity index (χ0n) is 20.6. The Labute approximate surface area is 235 Å². The van der Waals surface area contributed by atoms with Crippen molar-refractivity contribution in [2.24, 2.45) is 5.41 Å². The topological polar surface area (TPSA) is 54.5 Å². The van der Waals surface area contributed by atoms with E-state index in [1.807, 2.05) is 59.5 Å². The van der Waals surface area contributed by atoms with Gasteiger partial charge in [0.1, 0.15) is 11.5 Å². The number of benzene rings is 4. The van der Waals surface area contributed by atoms with Crippen molar-refractivity contribution in [1.29, 1.82) is 0 Å². The largest absolute Gasteiger partial charge is 0.352 e. The van der Waals surface area contributed by atoms with Crippen molar-refractivity contribution >= 4 is 52.3 Å². The Morgan fingerprint density at radius 2 is 1.41 bits per heavy atom. The summed E-state index contributed by atoms with van der Waals surface area (Å²) >= 11 is 13.1. The van der Waals surface area contributed by atoms with E-state index in [9.17, 15) is 14.4 Å². The van der Waals surface area contributed by atoms with Gasteiger partial charge in [-0.05, 0) is 29.3 Å². The lowest BCUT2D eigenvalue weighted by atomic mass is 9.64. The smallest absolute Gasteiger partial charge is 0.185 e. The van der Waals surface area contributed by atoms with Crippen LogP contribution in [0, 0.1) is 5.41 Å². The van der Waals surface area contributed by atoms with Gasteiger partial charge in [-0.2, -0.15) is 0 Å². The zero-order valence-corrected chi connectivity index (χ0v) is 22.1. The third-order valence-corrected chi connectivity index (χ3v) is 8.90. The first-order valence-electron chi connectivity index (χ1n) is 12.7. The fourth-order valence-corrected chi connectivity index (χ4v) is 7.31. The van der Waals surface area contributed by atoms with Crippen molar-refractivity contribution in [2.45, 2.75) is 18.0 Å². The van der Waals surface area contributed by atoms with Crippen LogP contribution in [0.25, 0.3) is 6.08 Å². The van der Waals surface area contributed by atoms with E-state index in [1.165, 1.54) is 0 Å². The molecule has 0 radical (unpaired) electrons. The highest BCUT2D eigenvalue weighted by atomic mass is 35.5. The van der Waals surface area contributed by atoms with Crippen LogP contribution in [0.3, 0.4) is 0 Å². The lowest BCUT2D eigenvalue weighted by molar-refractivity contribution is 0.0666. The molecular weight excluding hydrogens is 529 g/mol. The molecule has 0 bridgehead atoms. The first kappa shape index (κ1) is 24.1. The molecule has 1 fully saturated rings. The molecule has 0 aromatic heterocycles. The first-order valence-corrected chi connectivity index (χ1v) is 13.5. The molecule has 0 amide bonds. The SMILES string of the molecule is O=C(c1ccccc1)[C@H]1[C@H](c2ccc(Cl)cc2Cl)C2(C(=O)c3ccccc3C2=O)[C@@H]2C=Cc3ccccc3N21. The Morgan fingerprint density at radius 1 is 0.769 bits per heavy atom. The van der Waals surface area contributed by atoms with Crippen LogP contribution in [0.4, 0.5) is 5.69 Å². The Kier molecular flexibility index (Phi) is 5.41. The number of hydrogen-bond acceptors (Lipinski definition) is 4. The van der Waals surface area contributed by atoms with Crippen LogP contribution in [0.1, 0.15) is 48.1 Å². The van der Waals surface area contributed by atoms with Gasteiger partial charge in [0, 0.05) is 38.3 Å². The van der Waals surface area contributed by atoms with Crippen LogP contribution in [-0.4, -0.2) is 29.4 Å². The molecule has 1 aliphatic carbocycles. The van der Waals surface area contributed by atoms with Gasteiger partial charge in [0.25, 0.3) is 0 Å². The average Bonchev–Trinajstić information content (AvgIpc) is 3.39. The Morgan fingerprint density at radius 3 is 2.10 bits per heavy atom. The number of Topliss-reactive ketones (excluding diaryl/α,β-unsaturated/α-hetero) is 3. The molecule has 3 aliphatic rings. The summed E-state index contributed by atoms with van der Waals surface area (Å²) in [6.07, 6.45) is 3.84. The quantitative estimate of drug-likeness (QED) is 0.198. The molecule has 0 N–H and O–H groups in total. The molecule has 2 heterocycles. The molecule has 190 valence electrons. The highest BCUT2D eigenvalue weighted by Gasteiger charge is 2.71. The monoisotopic (exact) mass is 549 g/mol. The van der Waals surface area contributed by atoms with Gasteiger partial charge in [0.05, 0.1) is 6.04 Å². The number of carbonyl (C=O) groups is 3. The van der Waals surface area contributed by atoms with Gasteiger partial charge < -0.3 is 4.90 Å². The molecule has 39 heavy (non-hydrogen) atoms. The Bertz CT molecular complexity index is 1690. The summed E-state index contributed by atoms with van der Waals surface area (Å²) in [6, 6.07) is 27.1. The third-order valence-electron chi connectivity index (χ3n) is 8.34. The van der Waals surface area contributed by atoms with E-state index < -0.39 is 23.4 Å². The van der Waals surface area contributed by atoms with E-state index in [1.54, 1.807) is 54.6 Å². The number of anilines is 1. The van der Waals surface area contributed by atoms with Gasteiger partial charge in [0.2, 0.25) is 0 Å². The molecule has 7 rings (SSSR count). The summed E-state index contributed by atoms with van der Waals surface area (Å²) in [6.45, 7) is 0. The molecular formula is C33H21Cl2NO3. The van der Waals surface area contributed by atoms with Crippen molar-refractivity contribution in [3.63, 3.8) is 0 Å². The summed E-state index contributed by atoms with van der Waals surface area (Å²) < 4.78 is 0. The van der Waals surface area contributed by atoms with Crippen molar-refractivity contribution in [1.82, 2.24) is 0 Å². The van der Waals surface area contributed by atoms with Crippen molar-refractivity contribution < 1.29 is 14.4 Å². The van der Waals surface area contributed by atoms with Gasteiger partial charge in [0.15, 0.2) is 17.3 Å². The minimum absolute atomic E-state index is 0.185. The average molecular weight is 550 g/mol. The standard InChI is InChI=1S/C33H21Cl2NO3/c34-21-15-16-24(25(35)18-21)28-29(30(37)20-9-2-1-3-10-20)36-26-13-7-4-8-19(26)14-17-27(36)33(28)31(38)22-11-5-6-12-23(22)32(33)39/h1-18,27-29H/t27-,28-,29+/m0/s1. The number of ketones is 3. The van der Waals surface area contributed by atoms with Crippen LogP contribution in [0.5, 0.6) is 0 Å². The minimum atomic E-state index is -1.60. The van der Waals surface area contributed by atoms with E-state index in [4.69, 9.17) is 23.2 Å². The molecule has 3 atom stereocenters. The number of carbonyl (C=O) groups excluding carboxylic acids is 3. The molecule has 4 nitrogen and oxygen atoms in total. The summed E-state index contributed by atoms with van der Waals surface area (Å²) in [7, 11) is 0. The lowest BCUT2D eigenvalue weighted by Crippen LogP contribution is -2.48. The second-order valence-electron chi connectivity index (χ2n) is 10.2. The van der Waals surface area contributed by atoms with Crippen molar-refractivity contribution in [2.75, 3.05) is 4.90 Å². The Balaban J connectivity index is 1.57. The lowest BCUT2D eigenvalue weighted by Gasteiger charge is -2.37. The minimum Gasteiger partial charge on any atom is -0.352 e. The molecule has 4 aromatic rings. The summed E-state index contributed by atoms with van der Waals surface area (Å²) in [4.78, 5) is 45.7. The van der Waals surface area contributed by atoms with Gasteiger partial charge in [-0.25, -0.2) is 0 Å². The third kappa shape index (κ3) is 3.22. The van der Waals surface area contributed by atoms with E-state index in [2.05, 4.69) is 0 Å². The normalized spacial score (nSPS) is 22.1. The summed E-state index contributed by atoms with van der Waals surface area (Å²) in [5.74, 6) is -1.64. The maximum Gasteiger partial charge on any atom is 0.185 e. The summed E-state index contributed by atoms with van der Waals surface area (Å²) in [5, 5.41) is 0.739. The predicted molar refractivity (Wildman–Crippen MR) is 153 cm³/mol. The molecule has 6 heteroatoms. The van der Waals surface area contributed by atoms with Crippen LogP contribution < -0.4 is 4.90 Å². The maximum absolute atomic E-state index is 14.6. The number of fused-ring (bicyclic) bond motifs is 5. The van der Waals surface area contributed by atoms with Gasteiger partial charge in [-0.15, -0.1) is 0 Å². The second-order valence-corrected chi connectivity index (χ2v) is 11.0. The number of hydrogen-bond donors (Lipinski definition) is 0. The summed E-state index contributed by atoms with van der Waals surface area (Å²) in [5.41, 5.74) is 1.90. The van der Waals surface area contributed by atoms with Gasteiger partial charge in [-0.1, -0.05) is 114 Å². The molecule has 4 aromatic carbocycles. The maximum atomic E-state index is 14.6. The molecule has 2 aliphatic heterocycles. The fourth-order valence-electron chi connectivity index (χ4n) is 6.79. The molecule has 0 unspecified atom stereocenters. The van der Waals surface area contributed by atoms with Crippen LogP contribution in [0.15, 0.2) is 103 Å². The Hall–Kier alpha value is -3.99. The van der Waals surface area contributed by atoms with Crippen LogP contribution >= 0.6 is 23.2 Å². The van der Waals surface area contributed by atoms with E-state index in [-0.39, 0.29) is 17.3 Å². The highest BCUT2D eigenvalue weighted by Crippen LogP contribution is 2.61. The number of rotatable bonds is 3. The predicted octanol–water partition coefficient (Wildman–Crippen LogP) is 7.31. The van der Waals surface area contributed by atoms with Crippen LogP contribution in [-0.2, 0) is 0 Å².